The quantitative estimate of drug-likeness (QED) is 0.216. The van der Waals surface area contributed by atoms with Crippen molar-refractivity contribution in [3.8, 4) is 16.9 Å². The lowest BCUT2D eigenvalue weighted by Crippen LogP contribution is -2.01. The molecule has 4 rings (SSSR count). The molecule has 0 amide bonds. The Morgan fingerprint density at radius 3 is 2.20 bits per heavy atom. The van der Waals surface area contributed by atoms with Gasteiger partial charge in [-0.25, -0.2) is 4.98 Å². The molecule has 8 heteroatoms. The van der Waals surface area contributed by atoms with Crippen molar-refractivity contribution in [1.82, 2.24) is 9.55 Å². The summed E-state index contributed by atoms with van der Waals surface area (Å²) in [6.07, 6.45) is 2.41. The molecule has 3 aromatic carbocycles. The maximum atomic E-state index is 11.0. The van der Waals surface area contributed by atoms with Crippen LogP contribution in [0.2, 0.25) is 10.0 Å². The zero-order valence-electron chi connectivity index (χ0n) is 15.4. The summed E-state index contributed by atoms with van der Waals surface area (Å²) in [7, 11) is 0. The maximum absolute atomic E-state index is 11.0. The number of nitrogens with zero attached hydrogens (tertiary/aromatic N) is 3. The van der Waals surface area contributed by atoms with E-state index in [1.165, 1.54) is 12.1 Å². The first-order valence-electron chi connectivity index (χ1n) is 8.94. The van der Waals surface area contributed by atoms with Crippen molar-refractivity contribution in [2.75, 3.05) is 0 Å². The van der Waals surface area contributed by atoms with Gasteiger partial charge in [0, 0.05) is 40.5 Å². The van der Waals surface area contributed by atoms with Crippen molar-refractivity contribution in [3.63, 3.8) is 0 Å². The first kappa shape index (κ1) is 20.6. The molecule has 0 aliphatic rings. The van der Waals surface area contributed by atoms with E-state index in [1.54, 1.807) is 30.3 Å². The van der Waals surface area contributed by atoms with E-state index in [0.717, 1.165) is 21.5 Å². The zero-order chi connectivity index (χ0) is 21.3. The Morgan fingerprint density at radius 2 is 1.60 bits per heavy atom. The summed E-state index contributed by atoms with van der Waals surface area (Å²) >= 11 is 16.2. The molecule has 5 nitrogen and oxygen atoms in total. The van der Waals surface area contributed by atoms with Gasteiger partial charge >= 0.3 is 0 Å². The van der Waals surface area contributed by atoms with Gasteiger partial charge < -0.3 is 4.57 Å². The number of imidazole rings is 1. The average molecular weight is 503 g/mol. The summed E-state index contributed by atoms with van der Waals surface area (Å²) in [5.41, 5.74) is 3.15. The molecule has 150 valence electrons. The molecule has 0 bridgehead atoms. The second kappa shape index (κ2) is 8.60. The van der Waals surface area contributed by atoms with Gasteiger partial charge in [0.25, 0.3) is 5.69 Å². The first-order valence-corrected chi connectivity index (χ1v) is 10.5. The molecule has 0 aliphatic heterocycles. The third-order valence-electron chi connectivity index (χ3n) is 4.61. The minimum absolute atomic E-state index is 0.0303. The highest BCUT2D eigenvalue weighted by atomic mass is 79.9. The molecule has 0 atom stereocenters. The Balaban J connectivity index is 1.83. The van der Waals surface area contributed by atoms with Crippen LogP contribution in [0, 0.1) is 10.1 Å². The van der Waals surface area contributed by atoms with Crippen LogP contribution in [0.4, 0.5) is 5.69 Å². The number of hydrogen-bond acceptors (Lipinski definition) is 3. The van der Waals surface area contributed by atoms with Crippen LogP contribution in [0.15, 0.2) is 77.4 Å². The maximum Gasteiger partial charge on any atom is 0.269 e. The van der Waals surface area contributed by atoms with E-state index in [-0.39, 0.29) is 5.69 Å². The van der Waals surface area contributed by atoms with Crippen molar-refractivity contribution >= 4 is 44.8 Å². The first-order chi connectivity index (χ1) is 14.4. The molecule has 0 saturated carbocycles. The number of aromatic nitrogens is 2. The second-order valence-electron chi connectivity index (χ2n) is 6.59. The van der Waals surface area contributed by atoms with E-state index >= 15 is 0 Å². The minimum Gasteiger partial charge on any atom is -0.303 e. The second-order valence-corrected chi connectivity index (χ2v) is 8.32. The number of rotatable bonds is 5. The van der Waals surface area contributed by atoms with Crippen molar-refractivity contribution < 1.29 is 4.92 Å². The van der Waals surface area contributed by atoms with E-state index in [9.17, 15) is 10.1 Å². The molecule has 0 spiro atoms. The Morgan fingerprint density at radius 1 is 0.967 bits per heavy atom. The van der Waals surface area contributed by atoms with Crippen molar-refractivity contribution in [2.24, 2.45) is 0 Å². The standard InChI is InChI=1S/C22H14BrCl2N3O2/c23-15-6-4-14(5-7-15)12-21-26-20(22-18(24)2-1-3-19(22)25)13-27(21)16-8-10-17(11-9-16)28(29)30/h1-11,13H,12H2. The van der Waals surface area contributed by atoms with Gasteiger partial charge in [-0.2, -0.15) is 0 Å². The van der Waals surface area contributed by atoms with Crippen LogP contribution >= 0.6 is 39.1 Å². The van der Waals surface area contributed by atoms with Gasteiger partial charge in [-0.3, -0.25) is 10.1 Å². The molecular formula is C22H14BrCl2N3O2. The molecule has 0 N–H and O–H groups in total. The van der Waals surface area contributed by atoms with Crippen LogP contribution in [-0.2, 0) is 6.42 Å². The molecule has 0 saturated heterocycles. The highest BCUT2D eigenvalue weighted by Crippen LogP contribution is 2.35. The van der Waals surface area contributed by atoms with Gasteiger partial charge in [0.15, 0.2) is 0 Å². The van der Waals surface area contributed by atoms with Gasteiger partial charge in [-0.05, 0) is 42.0 Å². The average Bonchev–Trinajstić information content (AvgIpc) is 3.13. The Kier molecular flexibility index (Phi) is 5.90. The lowest BCUT2D eigenvalue weighted by atomic mass is 10.1. The number of non-ortho nitro benzene ring substituents is 1. The molecule has 0 unspecified atom stereocenters. The van der Waals surface area contributed by atoms with Gasteiger partial charge in [0.05, 0.1) is 20.7 Å². The van der Waals surface area contributed by atoms with E-state index in [2.05, 4.69) is 15.9 Å². The van der Waals surface area contributed by atoms with Gasteiger partial charge in [0.1, 0.15) is 5.82 Å². The summed E-state index contributed by atoms with van der Waals surface area (Å²) in [5, 5.41) is 12.0. The Labute approximate surface area is 191 Å². The Hall–Kier alpha value is -2.67. The number of hydrogen-bond donors (Lipinski definition) is 0. The molecule has 1 heterocycles. The topological polar surface area (TPSA) is 61.0 Å². The number of benzene rings is 3. The molecule has 1 aromatic heterocycles. The molecule has 0 aliphatic carbocycles. The Bertz CT molecular complexity index is 1200. The lowest BCUT2D eigenvalue weighted by molar-refractivity contribution is -0.384. The summed E-state index contributed by atoms with van der Waals surface area (Å²) in [5.74, 6) is 0.761. The number of nitro groups is 1. The fraction of sp³-hybridized carbons (Fsp3) is 0.0455. The molecular weight excluding hydrogens is 489 g/mol. The van der Waals surface area contributed by atoms with Crippen molar-refractivity contribution in [1.29, 1.82) is 0 Å². The predicted octanol–water partition coefficient (Wildman–Crippen LogP) is 7.11. The van der Waals surface area contributed by atoms with Crippen LogP contribution in [0.1, 0.15) is 11.4 Å². The minimum atomic E-state index is -0.421. The van der Waals surface area contributed by atoms with Gasteiger partial charge in [0.2, 0.25) is 0 Å². The van der Waals surface area contributed by atoms with Gasteiger partial charge in [-0.1, -0.05) is 57.3 Å². The molecule has 30 heavy (non-hydrogen) atoms. The fourth-order valence-corrected chi connectivity index (χ4v) is 4.00. The third-order valence-corrected chi connectivity index (χ3v) is 5.77. The molecule has 0 radical (unpaired) electrons. The summed E-state index contributed by atoms with van der Waals surface area (Å²) in [4.78, 5) is 15.4. The lowest BCUT2D eigenvalue weighted by Gasteiger charge is -2.08. The predicted molar refractivity (Wildman–Crippen MR) is 123 cm³/mol. The summed E-state index contributed by atoms with van der Waals surface area (Å²) < 4.78 is 2.90. The molecule has 4 aromatic rings. The fourth-order valence-electron chi connectivity index (χ4n) is 3.15. The smallest absolute Gasteiger partial charge is 0.269 e. The SMILES string of the molecule is O=[N+]([O-])c1ccc(-n2cc(-c3c(Cl)cccc3Cl)nc2Cc2ccc(Br)cc2)cc1. The third kappa shape index (κ3) is 4.26. The number of nitro benzene ring substituents is 1. The van der Waals surface area contributed by atoms with E-state index < -0.39 is 4.92 Å². The van der Waals surface area contributed by atoms with Crippen LogP contribution in [0.5, 0.6) is 0 Å². The monoisotopic (exact) mass is 501 g/mol. The highest BCUT2D eigenvalue weighted by Gasteiger charge is 2.17. The number of halogens is 3. The zero-order valence-corrected chi connectivity index (χ0v) is 18.5. The van der Waals surface area contributed by atoms with Crippen LogP contribution in [0.25, 0.3) is 16.9 Å². The van der Waals surface area contributed by atoms with Crippen molar-refractivity contribution in [2.45, 2.75) is 6.42 Å². The van der Waals surface area contributed by atoms with Crippen molar-refractivity contribution in [3.05, 3.63) is 109 Å². The van der Waals surface area contributed by atoms with E-state index in [4.69, 9.17) is 28.2 Å². The normalized spacial score (nSPS) is 10.9. The van der Waals surface area contributed by atoms with E-state index in [0.29, 0.717) is 27.7 Å². The van der Waals surface area contributed by atoms with Crippen LogP contribution < -0.4 is 0 Å². The molecule has 0 fully saturated rings. The highest BCUT2D eigenvalue weighted by molar-refractivity contribution is 9.10. The summed E-state index contributed by atoms with van der Waals surface area (Å²) in [6.45, 7) is 0. The van der Waals surface area contributed by atoms with Crippen LogP contribution in [0.3, 0.4) is 0 Å². The van der Waals surface area contributed by atoms with Gasteiger partial charge in [-0.15, -0.1) is 0 Å². The summed E-state index contributed by atoms with van der Waals surface area (Å²) in [6, 6.07) is 19.6. The van der Waals surface area contributed by atoms with E-state index in [1.807, 2.05) is 35.0 Å². The van der Waals surface area contributed by atoms with Crippen LogP contribution in [-0.4, -0.2) is 14.5 Å². The largest absolute Gasteiger partial charge is 0.303 e.